The molecule has 1 atom stereocenters. The van der Waals surface area contributed by atoms with Crippen molar-refractivity contribution < 1.29 is 14.3 Å². The lowest BCUT2D eigenvalue weighted by atomic mass is 10.1. The molecule has 0 saturated heterocycles. The van der Waals surface area contributed by atoms with Crippen LogP contribution in [0.4, 0.5) is 5.69 Å². The average molecular weight is 388 g/mol. The molecule has 2 rings (SSSR count). The van der Waals surface area contributed by atoms with Crippen molar-refractivity contribution in [1.82, 2.24) is 10.9 Å². The summed E-state index contributed by atoms with van der Waals surface area (Å²) in [5.74, 6) is 0.997. The highest BCUT2D eigenvalue weighted by Crippen LogP contribution is 2.18. The maximum Gasteiger partial charge on any atom is 0.279 e. The summed E-state index contributed by atoms with van der Waals surface area (Å²) < 4.78 is 11.0. The number of ether oxygens (including phenoxy) is 2. The number of rotatable bonds is 6. The molecule has 0 aliphatic carbocycles. The number of hydrazine groups is 1. The van der Waals surface area contributed by atoms with E-state index in [9.17, 15) is 4.79 Å². The van der Waals surface area contributed by atoms with E-state index < -0.39 is 6.10 Å². The Morgan fingerprint density at radius 3 is 2.33 bits per heavy atom. The third-order valence-corrected chi connectivity index (χ3v) is 4.08. The fraction of sp³-hybridized carbons (Fsp3) is 0.300. The topological polar surface area (TPSA) is 71.6 Å². The fourth-order valence-electron chi connectivity index (χ4n) is 2.24. The van der Waals surface area contributed by atoms with E-state index in [0.29, 0.717) is 17.5 Å². The van der Waals surface area contributed by atoms with Crippen LogP contribution in [0.2, 0.25) is 0 Å². The lowest BCUT2D eigenvalue weighted by Crippen LogP contribution is -2.48. The van der Waals surface area contributed by atoms with Crippen molar-refractivity contribution in [2.75, 3.05) is 11.9 Å². The lowest BCUT2D eigenvalue weighted by Gasteiger charge is -2.17. The van der Waals surface area contributed by atoms with Crippen molar-refractivity contribution in [2.24, 2.45) is 0 Å². The van der Waals surface area contributed by atoms with Crippen molar-refractivity contribution in [3.8, 4) is 11.5 Å². The summed E-state index contributed by atoms with van der Waals surface area (Å²) in [4.78, 5) is 12.2. The molecule has 0 bridgehead atoms. The van der Waals surface area contributed by atoms with Crippen LogP contribution in [0.5, 0.6) is 11.5 Å². The van der Waals surface area contributed by atoms with Gasteiger partial charge in [0, 0.05) is 5.69 Å². The Balaban J connectivity index is 1.79. The van der Waals surface area contributed by atoms with Crippen molar-refractivity contribution in [3.05, 3.63) is 53.6 Å². The van der Waals surface area contributed by atoms with Gasteiger partial charge in [-0.05, 0) is 87.4 Å². The second kappa shape index (κ2) is 9.78. The number of anilines is 1. The molecule has 0 fully saturated rings. The van der Waals surface area contributed by atoms with E-state index in [4.69, 9.17) is 21.7 Å². The summed E-state index contributed by atoms with van der Waals surface area (Å²) in [6.07, 6.45) is -0.695. The average Bonchev–Trinajstić information content (AvgIpc) is 2.64. The van der Waals surface area contributed by atoms with Gasteiger partial charge in [-0.15, -0.1) is 0 Å². The maximum absolute atomic E-state index is 12.2. The molecule has 2 aromatic carbocycles. The smallest absolute Gasteiger partial charge is 0.279 e. The molecule has 27 heavy (non-hydrogen) atoms. The molecule has 0 aliphatic rings. The molecule has 0 aliphatic heterocycles. The van der Waals surface area contributed by atoms with Crippen LogP contribution in [0.1, 0.15) is 25.0 Å². The Kier molecular flexibility index (Phi) is 7.43. The van der Waals surface area contributed by atoms with E-state index in [0.717, 1.165) is 17.0 Å². The highest BCUT2D eigenvalue weighted by molar-refractivity contribution is 7.80. The Morgan fingerprint density at radius 2 is 1.70 bits per heavy atom. The zero-order chi connectivity index (χ0) is 19.8. The molecule has 144 valence electrons. The molecule has 0 aromatic heterocycles. The summed E-state index contributed by atoms with van der Waals surface area (Å²) in [5, 5.41) is 3.31. The second-order valence-electron chi connectivity index (χ2n) is 6.03. The number of carbonyl (C=O) groups is 1. The summed E-state index contributed by atoms with van der Waals surface area (Å²) in [6, 6.07) is 13.0. The van der Waals surface area contributed by atoms with Gasteiger partial charge >= 0.3 is 0 Å². The Bertz CT molecular complexity index is 794. The van der Waals surface area contributed by atoms with Crippen LogP contribution in [0, 0.1) is 13.8 Å². The van der Waals surface area contributed by atoms with Crippen LogP contribution in [0.25, 0.3) is 0 Å². The third-order valence-electron chi connectivity index (χ3n) is 3.88. The highest BCUT2D eigenvalue weighted by Gasteiger charge is 2.15. The molecule has 0 heterocycles. The number of thiocarbonyl (C=S) groups is 1. The number of amides is 1. The summed E-state index contributed by atoms with van der Waals surface area (Å²) in [5.41, 5.74) is 8.43. The van der Waals surface area contributed by atoms with Gasteiger partial charge in [0.2, 0.25) is 0 Å². The Morgan fingerprint density at radius 1 is 1.04 bits per heavy atom. The summed E-state index contributed by atoms with van der Waals surface area (Å²) >= 11 is 5.19. The van der Waals surface area contributed by atoms with E-state index in [1.54, 1.807) is 31.2 Å². The van der Waals surface area contributed by atoms with Gasteiger partial charge in [-0.2, -0.15) is 0 Å². The number of hydrogen-bond donors (Lipinski definition) is 3. The first kappa shape index (κ1) is 20.5. The number of carbonyl (C=O) groups excluding carboxylic acids is 1. The molecule has 0 unspecified atom stereocenters. The number of aryl methyl sites for hydroxylation is 2. The molecule has 0 spiro atoms. The van der Waals surface area contributed by atoms with Crippen LogP contribution in [-0.2, 0) is 4.79 Å². The van der Waals surface area contributed by atoms with Gasteiger partial charge in [0.1, 0.15) is 11.5 Å². The van der Waals surface area contributed by atoms with Crippen LogP contribution >= 0.6 is 12.2 Å². The van der Waals surface area contributed by atoms with Crippen LogP contribution in [-0.4, -0.2) is 23.7 Å². The van der Waals surface area contributed by atoms with Gasteiger partial charge < -0.3 is 14.8 Å². The van der Waals surface area contributed by atoms with E-state index in [-0.39, 0.29) is 5.91 Å². The first-order valence-corrected chi connectivity index (χ1v) is 9.13. The summed E-state index contributed by atoms with van der Waals surface area (Å²) in [6.45, 7) is 8.25. The van der Waals surface area contributed by atoms with Crippen molar-refractivity contribution in [1.29, 1.82) is 0 Å². The molecular formula is C20H25N3O3S. The zero-order valence-electron chi connectivity index (χ0n) is 16.0. The third kappa shape index (κ3) is 6.45. The molecule has 3 N–H and O–H groups in total. The van der Waals surface area contributed by atoms with Gasteiger partial charge in [-0.25, -0.2) is 0 Å². The van der Waals surface area contributed by atoms with Crippen LogP contribution < -0.4 is 25.6 Å². The molecule has 2 aromatic rings. The minimum atomic E-state index is -0.695. The molecule has 7 heteroatoms. The zero-order valence-corrected chi connectivity index (χ0v) is 16.8. The standard InChI is InChI=1S/C20H25N3O3S/c1-5-25-17-8-10-18(11-9-17)26-15(4)19(24)22-23-20(27)21-16-7-6-13(2)14(3)12-16/h6-12,15H,5H2,1-4H3,(H,22,24)(H2,21,23,27)/t15-/m1/s1. The number of benzene rings is 2. The molecule has 0 radical (unpaired) electrons. The summed E-state index contributed by atoms with van der Waals surface area (Å²) in [7, 11) is 0. The van der Waals surface area contributed by atoms with Crippen LogP contribution in [0.15, 0.2) is 42.5 Å². The molecule has 6 nitrogen and oxygen atoms in total. The van der Waals surface area contributed by atoms with Gasteiger partial charge in [0.05, 0.1) is 6.61 Å². The van der Waals surface area contributed by atoms with Crippen molar-refractivity contribution in [3.63, 3.8) is 0 Å². The normalized spacial score (nSPS) is 11.3. The molecule has 0 saturated carbocycles. The van der Waals surface area contributed by atoms with E-state index in [2.05, 4.69) is 16.2 Å². The monoisotopic (exact) mass is 387 g/mol. The second-order valence-corrected chi connectivity index (χ2v) is 6.44. The van der Waals surface area contributed by atoms with Gasteiger partial charge in [-0.1, -0.05) is 6.07 Å². The van der Waals surface area contributed by atoms with E-state index in [1.807, 2.05) is 39.0 Å². The van der Waals surface area contributed by atoms with Gasteiger partial charge in [-0.3, -0.25) is 15.6 Å². The van der Waals surface area contributed by atoms with Gasteiger partial charge in [0.15, 0.2) is 11.2 Å². The Labute approximate surface area is 165 Å². The van der Waals surface area contributed by atoms with Gasteiger partial charge in [0.25, 0.3) is 5.91 Å². The molecular weight excluding hydrogens is 362 g/mol. The predicted octanol–water partition coefficient (Wildman–Crippen LogP) is 3.49. The van der Waals surface area contributed by atoms with E-state index >= 15 is 0 Å². The fourth-order valence-corrected chi connectivity index (χ4v) is 2.41. The first-order valence-electron chi connectivity index (χ1n) is 8.72. The lowest BCUT2D eigenvalue weighted by molar-refractivity contribution is -0.127. The van der Waals surface area contributed by atoms with Crippen molar-refractivity contribution >= 4 is 28.9 Å². The minimum Gasteiger partial charge on any atom is -0.494 e. The predicted molar refractivity (Wildman–Crippen MR) is 111 cm³/mol. The Hall–Kier alpha value is -2.80. The quantitative estimate of drug-likeness (QED) is 0.521. The minimum absolute atomic E-state index is 0.292. The maximum atomic E-state index is 12.2. The highest BCUT2D eigenvalue weighted by atomic mass is 32.1. The number of hydrogen-bond acceptors (Lipinski definition) is 4. The molecule has 1 amide bonds. The number of nitrogens with one attached hydrogen (secondary N) is 3. The van der Waals surface area contributed by atoms with Crippen molar-refractivity contribution in [2.45, 2.75) is 33.8 Å². The van der Waals surface area contributed by atoms with Crippen LogP contribution in [0.3, 0.4) is 0 Å². The largest absolute Gasteiger partial charge is 0.494 e. The van der Waals surface area contributed by atoms with E-state index in [1.165, 1.54) is 5.56 Å². The SMILES string of the molecule is CCOc1ccc(O[C@H](C)C(=O)NNC(=S)Nc2ccc(C)c(C)c2)cc1. The first-order chi connectivity index (χ1) is 12.9.